The molecular formula is C17H17N5. The molecule has 1 N–H and O–H groups in total. The molecule has 0 unspecified atom stereocenters. The Labute approximate surface area is 128 Å². The predicted octanol–water partition coefficient (Wildman–Crippen LogP) is 3.30. The van der Waals surface area contributed by atoms with Gasteiger partial charge < -0.3 is 14.1 Å². The fraction of sp³-hybridized carbons (Fsp3) is 0.176. The van der Waals surface area contributed by atoms with Gasteiger partial charge in [0, 0.05) is 42.5 Å². The Morgan fingerprint density at radius 3 is 2.50 bits per heavy atom. The normalized spacial score (nSPS) is 11.3. The highest BCUT2D eigenvalue weighted by Gasteiger charge is 2.12. The number of hydrogen-bond donors (Lipinski definition) is 1. The number of aromatic nitrogens is 5. The average molecular weight is 291 g/mol. The lowest BCUT2D eigenvalue weighted by atomic mass is 10.2. The summed E-state index contributed by atoms with van der Waals surface area (Å²) in [5.74, 6) is 1.80. The number of fused-ring (bicyclic) bond motifs is 1. The van der Waals surface area contributed by atoms with Crippen molar-refractivity contribution in [2.24, 2.45) is 0 Å². The van der Waals surface area contributed by atoms with Crippen molar-refractivity contribution >= 4 is 10.9 Å². The summed E-state index contributed by atoms with van der Waals surface area (Å²) in [6.07, 6.45) is 7.63. The van der Waals surface area contributed by atoms with Crippen molar-refractivity contribution in [2.75, 3.05) is 0 Å². The molecule has 5 heteroatoms. The zero-order valence-corrected chi connectivity index (χ0v) is 12.4. The van der Waals surface area contributed by atoms with Crippen LogP contribution in [0.3, 0.4) is 0 Å². The number of rotatable bonds is 4. The van der Waals surface area contributed by atoms with Crippen molar-refractivity contribution in [1.29, 1.82) is 0 Å². The largest absolute Gasteiger partial charge is 0.357 e. The number of nitrogens with one attached hydrogen (secondary N) is 1. The highest BCUT2D eigenvalue weighted by molar-refractivity contribution is 5.80. The van der Waals surface area contributed by atoms with E-state index in [1.165, 1.54) is 5.39 Å². The maximum atomic E-state index is 4.48. The minimum Gasteiger partial charge on any atom is -0.357 e. The fourth-order valence-corrected chi connectivity index (χ4v) is 2.82. The van der Waals surface area contributed by atoms with Crippen LogP contribution in [-0.4, -0.2) is 24.1 Å². The molecule has 0 amide bonds. The first-order valence-corrected chi connectivity index (χ1v) is 7.44. The van der Waals surface area contributed by atoms with Crippen LogP contribution in [0.15, 0.2) is 55.1 Å². The van der Waals surface area contributed by atoms with Gasteiger partial charge in [-0.15, -0.1) is 0 Å². The molecule has 0 saturated heterocycles. The molecule has 4 aromatic rings. The van der Waals surface area contributed by atoms with Crippen LogP contribution < -0.4 is 0 Å². The molecular weight excluding hydrogens is 274 g/mol. The van der Waals surface area contributed by atoms with E-state index in [0.29, 0.717) is 0 Å². The van der Waals surface area contributed by atoms with Crippen molar-refractivity contribution in [3.8, 4) is 11.6 Å². The second-order valence-electron chi connectivity index (χ2n) is 5.30. The van der Waals surface area contributed by atoms with E-state index in [1.807, 2.05) is 30.9 Å². The van der Waals surface area contributed by atoms with E-state index in [9.17, 15) is 0 Å². The Hall–Kier alpha value is -2.82. The molecule has 1 aromatic carbocycles. The van der Waals surface area contributed by atoms with E-state index >= 15 is 0 Å². The van der Waals surface area contributed by atoms with Crippen LogP contribution in [0.25, 0.3) is 22.6 Å². The van der Waals surface area contributed by atoms with E-state index < -0.39 is 0 Å². The molecule has 0 aliphatic heterocycles. The van der Waals surface area contributed by atoms with Gasteiger partial charge in [-0.3, -0.25) is 0 Å². The Balaban J connectivity index is 1.71. The molecule has 4 rings (SSSR count). The molecule has 0 atom stereocenters. The summed E-state index contributed by atoms with van der Waals surface area (Å²) in [5, 5.41) is 1.23. The fourth-order valence-electron chi connectivity index (χ4n) is 2.82. The summed E-state index contributed by atoms with van der Waals surface area (Å²) in [6.45, 7) is 3.74. The smallest absolute Gasteiger partial charge is 0.176 e. The number of aryl methyl sites for hydroxylation is 1. The monoisotopic (exact) mass is 291 g/mol. The predicted molar refractivity (Wildman–Crippen MR) is 86.5 cm³/mol. The first-order valence-electron chi connectivity index (χ1n) is 7.44. The van der Waals surface area contributed by atoms with Gasteiger partial charge in [0.1, 0.15) is 0 Å². The minimum absolute atomic E-state index is 0.751. The average Bonchev–Trinajstić information content (AvgIpc) is 3.25. The number of benzene rings is 1. The third-order valence-corrected chi connectivity index (χ3v) is 3.90. The lowest BCUT2D eigenvalue weighted by Crippen LogP contribution is -2.05. The summed E-state index contributed by atoms with van der Waals surface area (Å²) >= 11 is 0. The van der Waals surface area contributed by atoms with E-state index in [4.69, 9.17) is 0 Å². The quantitative estimate of drug-likeness (QED) is 0.627. The van der Waals surface area contributed by atoms with Crippen LogP contribution in [0.1, 0.15) is 12.6 Å². The molecule has 110 valence electrons. The number of imidazole rings is 2. The minimum atomic E-state index is 0.751. The van der Waals surface area contributed by atoms with Crippen molar-refractivity contribution in [3.63, 3.8) is 0 Å². The second kappa shape index (κ2) is 5.18. The maximum absolute atomic E-state index is 4.48. The highest BCUT2D eigenvalue weighted by Crippen LogP contribution is 2.19. The molecule has 3 heterocycles. The third-order valence-electron chi connectivity index (χ3n) is 3.90. The molecule has 0 spiro atoms. The molecule has 0 bridgehead atoms. The molecule has 3 aromatic heterocycles. The SMILES string of the molecule is CCn1ccnc1-c1nccn1Cc1cc2ccccc2[nH]1. The summed E-state index contributed by atoms with van der Waals surface area (Å²) < 4.78 is 4.23. The molecule has 0 aliphatic rings. The molecule has 0 saturated carbocycles. The van der Waals surface area contributed by atoms with Gasteiger partial charge in [0.05, 0.1) is 6.54 Å². The van der Waals surface area contributed by atoms with Crippen molar-refractivity contribution in [3.05, 3.63) is 60.8 Å². The summed E-state index contributed by atoms with van der Waals surface area (Å²) in [7, 11) is 0. The van der Waals surface area contributed by atoms with Crippen molar-refractivity contribution < 1.29 is 0 Å². The lowest BCUT2D eigenvalue weighted by molar-refractivity contribution is 0.736. The van der Waals surface area contributed by atoms with Gasteiger partial charge in [-0.1, -0.05) is 18.2 Å². The lowest BCUT2D eigenvalue weighted by Gasteiger charge is -2.08. The summed E-state index contributed by atoms with van der Waals surface area (Å²) in [6, 6.07) is 10.5. The first-order chi connectivity index (χ1) is 10.8. The zero-order chi connectivity index (χ0) is 14.9. The van der Waals surface area contributed by atoms with E-state index in [0.717, 1.165) is 35.9 Å². The molecule has 0 radical (unpaired) electrons. The van der Waals surface area contributed by atoms with E-state index in [2.05, 4.69) is 55.3 Å². The van der Waals surface area contributed by atoms with Gasteiger partial charge >= 0.3 is 0 Å². The van der Waals surface area contributed by atoms with Crippen molar-refractivity contribution in [1.82, 2.24) is 24.1 Å². The van der Waals surface area contributed by atoms with Gasteiger partial charge in [-0.2, -0.15) is 0 Å². The number of para-hydroxylation sites is 1. The standard InChI is InChI=1S/C17H17N5/c1-2-21-9-7-18-16(21)17-19-8-10-22(17)12-14-11-13-5-3-4-6-15(13)20-14/h3-11,20H,2,12H2,1H3. The van der Waals surface area contributed by atoms with Crippen molar-refractivity contribution in [2.45, 2.75) is 20.0 Å². The molecule has 22 heavy (non-hydrogen) atoms. The Morgan fingerprint density at radius 1 is 1.00 bits per heavy atom. The maximum Gasteiger partial charge on any atom is 0.176 e. The van der Waals surface area contributed by atoms with Crippen LogP contribution in [0, 0.1) is 0 Å². The second-order valence-corrected chi connectivity index (χ2v) is 5.30. The Kier molecular flexibility index (Phi) is 3.04. The Morgan fingerprint density at radius 2 is 1.73 bits per heavy atom. The molecule has 5 nitrogen and oxygen atoms in total. The molecule has 0 aliphatic carbocycles. The number of hydrogen-bond acceptors (Lipinski definition) is 2. The number of aromatic amines is 1. The zero-order valence-electron chi connectivity index (χ0n) is 12.4. The first kappa shape index (κ1) is 12.9. The van der Waals surface area contributed by atoms with Gasteiger partial charge in [-0.05, 0) is 24.4 Å². The van der Waals surface area contributed by atoms with Crippen LogP contribution in [-0.2, 0) is 13.1 Å². The topological polar surface area (TPSA) is 51.4 Å². The third kappa shape index (κ3) is 2.11. The Bertz CT molecular complexity index is 879. The van der Waals surface area contributed by atoms with Gasteiger partial charge in [0.15, 0.2) is 11.6 Å². The van der Waals surface area contributed by atoms with E-state index in [1.54, 1.807) is 0 Å². The summed E-state index contributed by atoms with van der Waals surface area (Å²) in [5.41, 5.74) is 2.32. The van der Waals surface area contributed by atoms with Crippen LogP contribution >= 0.6 is 0 Å². The van der Waals surface area contributed by atoms with Gasteiger partial charge in [0.25, 0.3) is 0 Å². The van der Waals surface area contributed by atoms with Gasteiger partial charge in [-0.25, -0.2) is 9.97 Å². The van der Waals surface area contributed by atoms with Gasteiger partial charge in [0.2, 0.25) is 0 Å². The molecule has 0 fully saturated rings. The summed E-state index contributed by atoms with van der Waals surface area (Å²) in [4.78, 5) is 12.4. The van der Waals surface area contributed by atoms with E-state index in [-0.39, 0.29) is 0 Å². The number of nitrogens with zero attached hydrogens (tertiary/aromatic N) is 4. The van der Waals surface area contributed by atoms with Crippen LogP contribution in [0.4, 0.5) is 0 Å². The number of H-pyrrole nitrogens is 1. The van der Waals surface area contributed by atoms with Crippen LogP contribution in [0.5, 0.6) is 0 Å². The van der Waals surface area contributed by atoms with Crippen LogP contribution in [0.2, 0.25) is 0 Å². The highest BCUT2D eigenvalue weighted by atomic mass is 15.2.